The van der Waals surface area contributed by atoms with E-state index in [1.54, 1.807) is 0 Å². The van der Waals surface area contributed by atoms with Gasteiger partial charge in [0.1, 0.15) is 0 Å². The molecule has 1 atom stereocenters. The van der Waals surface area contributed by atoms with Crippen LogP contribution in [0.15, 0.2) is 18.2 Å². The first kappa shape index (κ1) is 12.1. The fourth-order valence-corrected chi connectivity index (χ4v) is 3.73. The maximum Gasteiger partial charge on any atom is 0.231 e. The molecular formula is C13H18N2O2S. The molecule has 1 aromatic rings. The molecule has 1 unspecified atom stereocenters. The van der Waals surface area contributed by atoms with E-state index >= 15 is 0 Å². The Balaban J connectivity index is 1.76. The van der Waals surface area contributed by atoms with Gasteiger partial charge >= 0.3 is 0 Å². The quantitative estimate of drug-likeness (QED) is 0.900. The second-order valence-electron chi connectivity index (χ2n) is 4.51. The lowest BCUT2D eigenvalue weighted by atomic mass is 10.2. The summed E-state index contributed by atoms with van der Waals surface area (Å²) in [5.74, 6) is 2.91. The summed E-state index contributed by atoms with van der Waals surface area (Å²) in [6.45, 7) is 3.31. The van der Waals surface area contributed by atoms with Gasteiger partial charge in [0.2, 0.25) is 6.79 Å². The number of nitrogens with two attached hydrogens (primary N) is 1. The van der Waals surface area contributed by atoms with Gasteiger partial charge in [-0.15, -0.1) is 11.8 Å². The number of thioether (sulfide) groups is 1. The SMILES string of the molecule is NCCCN1CCSC1c1ccc2c(c1)OCO2. The summed E-state index contributed by atoms with van der Waals surface area (Å²) in [5, 5.41) is 0.436. The van der Waals surface area contributed by atoms with Crippen LogP contribution < -0.4 is 15.2 Å². The van der Waals surface area contributed by atoms with Crippen LogP contribution in [-0.4, -0.2) is 37.1 Å². The van der Waals surface area contributed by atoms with Crippen LogP contribution in [-0.2, 0) is 0 Å². The number of hydrogen-bond donors (Lipinski definition) is 1. The summed E-state index contributed by atoms with van der Waals surface area (Å²) >= 11 is 1.99. The minimum atomic E-state index is 0.341. The summed E-state index contributed by atoms with van der Waals surface area (Å²) in [7, 11) is 0. The number of nitrogens with zero attached hydrogens (tertiary/aromatic N) is 1. The average molecular weight is 266 g/mol. The van der Waals surface area contributed by atoms with Gasteiger partial charge in [-0.1, -0.05) is 6.07 Å². The number of hydrogen-bond acceptors (Lipinski definition) is 5. The number of ether oxygens (including phenoxy) is 2. The van der Waals surface area contributed by atoms with Crippen molar-refractivity contribution in [2.24, 2.45) is 5.73 Å². The lowest BCUT2D eigenvalue weighted by Crippen LogP contribution is -2.25. The molecule has 2 N–H and O–H groups in total. The van der Waals surface area contributed by atoms with Crippen LogP contribution in [0.2, 0.25) is 0 Å². The Labute approximate surface area is 111 Å². The Morgan fingerprint density at radius 1 is 1.33 bits per heavy atom. The second kappa shape index (κ2) is 5.38. The van der Waals surface area contributed by atoms with E-state index in [0.717, 1.165) is 37.6 Å². The lowest BCUT2D eigenvalue weighted by Gasteiger charge is -2.23. The molecule has 0 radical (unpaired) electrons. The van der Waals surface area contributed by atoms with E-state index < -0.39 is 0 Å². The smallest absolute Gasteiger partial charge is 0.231 e. The first-order chi connectivity index (χ1) is 8.88. The molecule has 1 saturated heterocycles. The van der Waals surface area contributed by atoms with Crippen LogP contribution in [0.25, 0.3) is 0 Å². The van der Waals surface area contributed by atoms with Gasteiger partial charge in [-0.2, -0.15) is 0 Å². The predicted molar refractivity (Wildman–Crippen MR) is 73.0 cm³/mol. The van der Waals surface area contributed by atoms with Gasteiger partial charge in [-0.25, -0.2) is 0 Å². The molecule has 2 aliphatic rings. The molecule has 0 saturated carbocycles. The Kier molecular flexibility index (Phi) is 3.63. The number of rotatable bonds is 4. The van der Waals surface area contributed by atoms with E-state index in [4.69, 9.17) is 15.2 Å². The molecule has 0 aliphatic carbocycles. The minimum absolute atomic E-state index is 0.341. The van der Waals surface area contributed by atoms with Crippen LogP contribution in [0, 0.1) is 0 Å². The van der Waals surface area contributed by atoms with Crippen LogP contribution in [0.1, 0.15) is 17.4 Å². The van der Waals surface area contributed by atoms with E-state index in [0.29, 0.717) is 12.2 Å². The molecule has 5 heteroatoms. The van der Waals surface area contributed by atoms with Crippen molar-refractivity contribution >= 4 is 11.8 Å². The maximum atomic E-state index is 5.59. The summed E-state index contributed by atoms with van der Waals surface area (Å²) < 4.78 is 10.8. The third-order valence-electron chi connectivity index (χ3n) is 3.32. The Bertz CT molecular complexity index is 427. The first-order valence-electron chi connectivity index (χ1n) is 6.34. The van der Waals surface area contributed by atoms with Gasteiger partial charge in [0.25, 0.3) is 0 Å². The molecule has 0 amide bonds. The fourth-order valence-electron chi connectivity index (χ4n) is 2.40. The van der Waals surface area contributed by atoms with E-state index in [-0.39, 0.29) is 0 Å². The minimum Gasteiger partial charge on any atom is -0.454 e. The van der Waals surface area contributed by atoms with Gasteiger partial charge in [0, 0.05) is 18.8 Å². The normalized spacial score (nSPS) is 22.6. The highest BCUT2D eigenvalue weighted by molar-refractivity contribution is 7.99. The van der Waals surface area contributed by atoms with Crippen molar-refractivity contribution < 1.29 is 9.47 Å². The van der Waals surface area contributed by atoms with Gasteiger partial charge in [-0.05, 0) is 30.7 Å². The zero-order valence-electron chi connectivity index (χ0n) is 10.3. The number of fused-ring (bicyclic) bond motifs is 1. The van der Waals surface area contributed by atoms with E-state index in [1.165, 1.54) is 11.3 Å². The van der Waals surface area contributed by atoms with Crippen LogP contribution in [0.4, 0.5) is 0 Å². The van der Waals surface area contributed by atoms with Crippen molar-refractivity contribution in [2.45, 2.75) is 11.8 Å². The zero-order chi connectivity index (χ0) is 12.4. The van der Waals surface area contributed by atoms with Crippen LogP contribution in [0.5, 0.6) is 11.5 Å². The van der Waals surface area contributed by atoms with Gasteiger partial charge < -0.3 is 15.2 Å². The highest BCUT2D eigenvalue weighted by Crippen LogP contribution is 2.42. The monoisotopic (exact) mass is 266 g/mol. The van der Waals surface area contributed by atoms with Gasteiger partial charge in [0.05, 0.1) is 5.37 Å². The highest BCUT2D eigenvalue weighted by Gasteiger charge is 2.27. The molecule has 18 heavy (non-hydrogen) atoms. The van der Waals surface area contributed by atoms with Crippen molar-refractivity contribution in [1.29, 1.82) is 0 Å². The lowest BCUT2D eigenvalue weighted by molar-refractivity contribution is 0.174. The van der Waals surface area contributed by atoms with Gasteiger partial charge in [0.15, 0.2) is 11.5 Å². The van der Waals surface area contributed by atoms with Crippen LogP contribution in [0.3, 0.4) is 0 Å². The Hall–Kier alpha value is -0.910. The molecule has 98 valence electrons. The van der Waals surface area contributed by atoms with E-state index in [2.05, 4.69) is 17.0 Å². The molecule has 0 aromatic heterocycles. The van der Waals surface area contributed by atoms with Gasteiger partial charge in [-0.3, -0.25) is 4.90 Å². The second-order valence-corrected chi connectivity index (χ2v) is 5.70. The molecule has 2 aliphatic heterocycles. The zero-order valence-corrected chi connectivity index (χ0v) is 11.1. The van der Waals surface area contributed by atoms with Crippen molar-refractivity contribution in [3.63, 3.8) is 0 Å². The van der Waals surface area contributed by atoms with E-state index in [1.807, 2.05) is 17.8 Å². The summed E-state index contributed by atoms with van der Waals surface area (Å²) in [6, 6.07) is 6.27. The number of benzene rings is 1. The topological polar surface area (TPSA) is 47.7 Å². The standard InChI is InChI=1S/C13H18N2O2S/c14-4-1-5-15-6-7-18-13(15)10-2-3-11-12(8-10)17-9-16-11/h2-3,8,13H,1,4-7,9,14H2. The van der Waals surface area contributed by atoms with Crippen molar-refractivity contribution in [3.05, 3.63) is 23.8 Å². The predicted octanol–water partition coefficient (Wildman–Crippen LogP) is 1.81. The first-order valence-corrected chi connectivity index (χ1v) is 7.38. The average Bonchev–Trinajstić information content (AvgIpc) is 3.03. The maximum absolute atomic E-state index is 5.59. The van der Waals surface area contributed by atoms with Crippen molar-refractivity contribution in [3.8, 4) is 11.5 Å². The van der Waals surface area contributed by atoms with Crippen molar-refractivity contribution in [1.82, 2.24) is 4.90 Å². The molecule has 0 bridgehead atoms. The Morgan fingerprint density at radius 3 is 3.11 bits per heavy atom. The highest BCUT2D eigenvalue weighted by atomic mass is 32.2. The fraction of sp³-hybridized carbons (Fsp3) is 0.538. The Morgan fingerprint density at radius 2 is 2.22 bits per heavy atom. The summed E-state index contributed by atoms with van der Waals surface area (Å²) in [4.78, 5) is 2.50. The third-order valence-corrected chi connectivity index (χ3v) is 4.62. The van der Waals surface area contributed by atoms with Crippen molar-refractivity contribution in [2.75, 3.05) is 32.2 Å². The van der Waals surface area contributed by atoms with Crippen LogP contribution >= 0.6 is 11.8 Å². The molecule has 1 fully saturated rings. The summed E-state index contributed by atoms with van der Waals surface area (Å²) in [6.07, 6.45) is 1.06. The summed E-state index contributed by atoms with van der Waals surface area (Å²) in [5.41, 5.74) is 6.90. The third kappa shape index (κ3) is 2.30. The van der Waals surface area contributed by atoms with E-state index in [9.17, 15) is 0 Å². The molecule has 1 aromatic carbocycles. The molecule has 3 rings (SSSR count). The molecule has 4 nitrogen and oxygen atoms in total. The molecular weight excluding hydrogens is 248 g/mol. The molecule has 2 heterocycles. The molecule has 0 spiro atoms. The largest absolute Gasteiger partial charge is 0.454 e.